The first-order valence-corrected chi connectivity index (χ1v) is 4.14. The lowest BCUT2D eigenvalue weighted by molar-refractivity contribution is -0.118. The van der Waals surface area contributed by atoms with Crippen LogP contribution in [0.15, 0.2) is 0 Å². The first kappa shape index (κ1) is 11.6. The van der Waals surface area contributed by atoms with Crippen LogP contribution < -0.4 is 0 Å². The number of aldehydes is 1. The number of carbonyl (C=O) groups excluding carboxylic acids is 1. The molecule has 3 nitrogen and oxygen atoms in total. The molecule has 0 fully saturated rings. The van der Waals surface area contributed by atoms with E-state index in [1.165, 1.54) is 0 Å². The molecule has 0 aromatic heterocycles. The first-order chi connectivity index (χ1) is 5.52. The summed E-state index contributed by atoms with van der Waals surface area (Å²) in [6, 6.07) is 0. The fraction of sp³-hybridized carbons (Fsp3) is 0.889. The Morgan fingerprint density at radius 2 is 2.08 bits per heavy atom. The molecule has 0 aliphatic rings. The van der Waals surface area contributed by atoms with Gasteiger partial charge in [0.15, 0.2) is 0 Å². The summed E-state index contributed by atoms with van der Waals surface area (Å²) in [6.07, 6.45) is 1.28. The van der Waals surface area contributed by atoms with Gasteiger partial charge in [0.05, 0.1) is 12.2 Å². The minimum absolute atomic E-state index is 0.164. The number of hydrogen-bond acceptors (Lipinski definition) is 3. The summed E-state index contributed by atoms with van der Waals surface area (Å²) in [5.74, 6) is 0. The second-order valence-corrected chi connectivity index (χ2v) is 3.43. The van der Waals surface area contributed by atoms with Gasteiger partial charge in [-0.1, -0.05) is 0 Å². The number of carbonyl (C=O) groups is 1. The highest BCUT2D eigenvalue weighted by Gasteiger charge is 2.16. The van der Waals surface area contributed by atoms with Crippen LogP contribution in [-0.4, -0.2) is 31.7 Å². The second-order valence-electron chi connectivity index (χ2n) is 3.43. The third-order valence-electron chi connectivity index (χ3n) is 1.83. The molecule has 0 saturated heterocycles. The molecular formula is C9H18O3. The van der Waals surface area contributed by atoms with E-state index < -0.39 is 0 Å². The van der Waals surface area contributed by atoms with Gasteiger partial charge in [0.2, 0.25) is 0 Å². The van der Waals surface area contributed by atoms with Gasteiger partial charge in [-0.25, -0.2) is 0 Å². The fourth-order valence-corrected chi connectivity index (χ4v) is 0.632. The summed E-state index contributed by atoms with van der Waals surface area (Å²) in [6.45, 7) is 6.26. The van der Waals surface area contributed by atoms with Crippen molar-refractivity contribution in [3.05, 3.63) is 0 Å². The van der Waals surface area contributed by atoms with E-state index >= 15 is 0 Å². The number of ether oxygens (including phenoxy) is 2. The third kappa shape index (κ3) is 5.27. The zero-order valence-corrected chi connectivity index (χ0v) is 8.29. The van der Waals surface area contributed by atoms with Gasteiger partial charge in [-0.05, 0) is 27.2 Å². The third-order valence-corrected chi connectivity index (χ3v) is 1.83. The van der Waals surface area contributed by atoms with E-state index in [9.17, 15) is 4.79 Å². The molecule has 0 bridgehead atoms. The Bertz CT molecular complexity index is 132. The van der Waals surface area contributed by atoms with E-state index in [0.29, 0.717) is 6.61 Å². The Morgan fingerprint density at radius 1 is 1.50 bits per heavy atom. The minimum Gasteiger partial charge on any atom is -0.379 e. The van der Waals surface area contributed by atoms with Crippen LogP contribution >= 0.6 is 0 Å². The maximum absolute atomic E-state index is 10.2. The van der Waals surface area contributed by atoms with Crippen LogP contribution in [-0.2, 0) is 14.3 Å². The first-order valence-electron chi connectivity index (χ1n) is 4.14. The van der Waals surface area contributed by atoms with Gasteiger partial charge in [-0.15, -0.1) is 0 Å². The molecule has 0 heterocycles. The number of rotatable bonds is 6. The molecule has 0 spiro atoms. The smallest absolute Gasteiger partial charge is 0.148 e. The van der Waals surface area contributed by atoms with Gasteiger partial charge in [0.25, 0.3) is 0 Å². The molecule has 3 heteroatoms. The van der Waals surface area contributed by atoms with Crippen molar-refractivity contribution in [3.63, 3.8) is 0 Å². The van der Waals surface area contributed by atoms with Gasteiger partial charge in [0, 0.05) is 7.11 Å². The summed E-state index contributed by atoms with van der Waals surface area (Å²) < 4.78 is 10.4. The molecule has 0 saturated carbocycles. The topological polar surface area (TPSA) is 35.5 Å². The Labute approximate surface area is 74.0 Å². The number of hydrogen-bond donors (Lipinski definition) is 0. The van der Waals surface area contributed by atoms with Crippen molar-refractivity contribution in [2.75, 3.05) is 13.7 Å². The highest BCUT2D eigenvalue weighted by Crippen LogP contribution is 2.12. The molecule has 0 amide bonds. The Morgan fingerprint density at radius 3 is 2.50 bits per heavy atom. The number of methoxy groups -OCH3 is 1. The molecule has 12 heavy (non-hydrogen) atoms. The Kier molecular flexibility index (Phi) is 5.09. The largest absolute Gasteiger partial charge is 0.379 e. The lowest BCUT2D eigenvalue weighted by atomic mass is 10.1. The summed E-state index contributed by atoms with van der Waals surface area (Å²) >= 11 is 0. The lowest BCUT2D eigenvalue weighted by Crippen LogP contribution is -2.25. The standard InChI is InChI=1S/C9H18O3/c1-8(7-10)12-6-5-9(2,3)11-4/h7-8H,5-6H2,1-4H3. The van der Waals surface area contributed by atoms with E-state index in [1.54, 1.807) is 14.0 Å². The van der Waals surface area contributed by atoms with Gasteiger partial charge < -0.3 is 14.3 Å². The predicted octanol–water partition coefficient (Wildman–Crippen LogP) is 1.41. The molecule has 1 atom stereocenters. The van der Waals surface area contributed by atoms with Crippen molar-refractivity contribution >= 4 is 6.29 Å². The Balaban J connectivity index is 3.49. The zero-order chi connectivity index (χ0) is 9.61. The summed E-state index contributed by atoms with van der Waals surface area (Å²) in [5.41, 5.74) is -0.164. The summed E-state index contributed by atoms with van der Waals surface area (Å²) in [5, 5.41) is 0. The van der Waals surface area contributed by atoms with Crippen LogP contribution in [0, 0.1) is 0 Å². The van der Waals surface area contributed by atoms with Gasteiger partial charge >= 0.3 is 0 Å². The SMILES string of the molecule is COC(C)(C)CCOC(C)C=O. The van der Waals surface area contributed by atoms with Crippen molar-refractivity contribution in [1.82, 2.24) is 0 Å². The monoisotopic (exact) mass is 174 g/mol. The molecule has 0 aliphatic carbocycles. The molecule has 1 unspecified atom stereocenters. The van der Waals surface area contributed by atoms with Crippen molar-refractivity contribution < 1.29 is 14.3 Å². The normalized spacial score (nSPS) is 14.3. The van der Waals surface area contributed by atoms with Crippen LogP contribution in [0.1, 0.15) is 27.2 Å². The Hall–Kier alpha value is -0.410. The van der Waals surface area contributed by atoms with Gasteiger partial charge in [0.1, 0.15) is 12.4 Å². The molecular weight excluding hydrogens is 156 g/mol. The maximum Gasteiger partial charge on any atom is 0.148 e. The average molecular weight is 174 g/mol. The quantitative estimate of drug-likeness (QED) is 0.571. The van der Waals surface area contributed by atoms with E-state index in [0.717, 1.165) is 12.7 Å². The van der Waals surface area contributed by atoms with Crippen molar-refractivity contribution in [2.45, 2.75) is 38.9 Å². The lowest BCUT2D eigenvalue weighted by Gasteiger charge is -2.22. The average Bonchev–Trinajstić information content (AvgIpc) is 2.04. The molecule has 0 aromatic rings. The van der Waals surface area contributed by atoms with Crippen LogP contribution in [0.2, 0.25) is 0 Å². The van der Waals surface area contributed by atoms with Crippen molar-refractivity contribution in [1.29, 1.82) is 0 Å². The van der Waals surface area contributed by atoms with Crippen LogP contribution in [0.25, 0.3) is 0 Å². The predicted molar refractivity (Wildman–Crippen MR) is 47.2 cm³/mol. The molecule has 0 N–H and O–H groups in total. The fourth-order valence-electron chi connectivity index (χ4n) is 0.632. The van der Waals surface area contributed by atoms with E-state index in [1.807, 2.05) is 13.8 Å². The summed E-state index contributed by atoms with van der Waals surface area (Å²) in [4.78, 5) is 10.2. The molecule has 0 aliphatic heterocycles. The molecule has 0 radical (unpaired) electrons. The molecule has 0 rings (SSSR count). The van der Waals surface area contributed by atoms with Gasteiger partial charge in [-0.2, -0.15) is 0 Å². The zero-order valence-electron chi connectivity index (χ0n) is 8.29. The van der Waals surface area contributed by atoms with Gasteiger partial charge in [-0.3, -0.25) is 0 Å². The van der Waals surface area contributed by atoms with E-state index in [2.05, 4.69) is 0 Å². The van der Waals surface area contributed by atoms with Crippen LogP contribution in [0.5, 0.6) is 0 Å². The molecule has 0 aromatic carbocycles. The highest BCUT2D eigenvalue weighted by molar-refractivity contribution is 5.55. The van der Waals surface area contributed by atoms with E-state index in [-0.39, 0.29) is 11.7 Å². The maximum atomic E-state index is 10.2. The van der Waals surface area contributed by atoms with Crippen LogP contribution in [0.4, 0.5) is 0 Å². The van der Waals surface area contributed by atoms with Crippen molar-refractivity contribution in [3.8, 4) is 0 Å². The second kappa shape index (κ2) is 5.27. The highest BCUT2D eigenvalue weighted by atomic mass is 16.5. The van der Waals surface area contributed by atoms with Crippen LogP contribution in [0.3, 0.4) is 0 Å². The molecule has 72 valence electrons. The van der Waals surface area contributed by atoms with E-state index in [4.69, 9.17) is 9.47 Å². The minimum atomic E-state index is -0.308. The summed E-state index contributed by atoms with van der Waals surface area (Å²) in [7, 11) is 1.67. The van der Waals surface area contributed by atoms with Crippen molar-refractivity contribution in [2.24, 2.45) is 0 Å².